The minimum Gasteiger partial charge on any atom is -0.381 e. The fourth-order valence-corrected chi connectivity index (χ4v) is 1.19. The molecule has 1 aromatic carbocycles. The van der Waals surface area contributed by atoms with E-state index in [0.29, 0.717) is 6.54 Å². The van der Waals surface area contributed by atoms with Crippen LogP contribution in [0.3, 0.4) is 0 Å². The lowest BCUT2D eigenvalue weighted by atomic mass is 10.1. The van der Waals surface area contributed by atoms with Crippen molar-refractivity contribution in [1.29, 1.82) is 0 Å². The van der Waals surface area contributed by atoms with Gasteiger partial charge in [0.1, 0.15) is 17.3 Å². The van der Waals surface area contributed by atoms with Crippen LogP contribution < -0.4 is 10.6 Å². The highest BCUT2D eigenvalue weighted by atomic mass is 19.1. The van der Waals surface area contributed by atoms with Gasteiger partial charge in [-0.05, 0) is 19.1 Å². The molecular formula is C10H12F2N2O. The summed E-state index contributed by atoms with van der Waals surface area (Å²) in [6.07, 6.45) is 0. The molecule has 82 valence electrons. The van der Waals surface area contributed by atoms with Gasteiger partial charge in [-0.15, -0.1) is 0 Å². The summed E-state index contributed by atoms with van der Waals surface area (Å²) in [6, 6.07) is 2.00. The van der Waals surface area contributed by atoms with Crippen molar-refractivity contribution in [3.63, 3.8) is 0 Å². The van der Waals surface area contributed by atoms with Crippen molar-refractivity contribution in [3.8, 4) is 0 Å². The molecule has 0 aromatic heterocycles. The van der Waals surface area contributed by atoms with E-state index in [9.17, 15) is 13.6 Å². The third kappa shape index (κ3) is 2.43. The van der Waals surface area contributed by atoms with Crippen LogP contribution in [0, 0.1) is 11.6 Å². The third-order valence-electron chi connectivity index (χ3n) is 1.88. The van der Waals surface area contributed by atoms with Crippen LogP contribution in [0.4, 0.5) is 14.5 Å². The number of halogens is 2. The van der Waals surface area contributed by atoms with Crippen LogP contribution in [0.2, 0.25) is 0 Å². The fourth-order valence-electron chi connectivity index (χ4n) is 1.19. The molecule has 3 nitrogen and oxygen atoms in total. The maximum absolute atomic E-state index is 13.3. The van der Waals surface area contributed by atoms with Crippen molar-refractivity contribution in [2.75, 3.05) is 18.9 Å². The second-order valence-electron chi connectivity index (χ2n) is 2.92. The average Bonchev–Trinajstić information content (AvgIpc) is 2.22. The van der Waals surface area contributed by atoms with Crippen molar-refractivity contribution < 1.29 is 13.6 Å². The minimum atomic E-state index is -0.768. The van der Waals surface area contributed by atoms with Crippen LogP contribution in [0.25, 0.3) is 0 Å². The highest BCUT2D eigenvalue weighted by Gasteiger charge is 2.13. The second kappa shape index (κ2) is 4.72. The first-order chi connectivity index (χ1) is 7.10. The maximum Gasteiger partial charge on any atom is 0.251 e. The fraction of sp³-hybridized carbons (Fsp3) is 0.300. The molecule has 0 unspecified atom stereocenters. The molecule has 0 aliphatic rings. The lowest BCUT2D eigenvalue weighted by Gasteiger charge is -2.08. The Morgan fingerprint density at radius 1 is 1.33 bits per heavy atom. The van der Waals surface area contributed by atoms with E-state index in [2.05, 4.69) is 10.6 Å². The van der Waals surface area contributed by atoms with E-state index in [0.717, 1.165) is 12.1 Å². The van der Waals surface area contributed by atoms with Gasteiger partial charge in [-0.25, -0.2) is 8.78 Å². The van der Waals surface area contributed by atoms with Gasteiger partial charge in [0.05, 0.1) is 0 Å². The number of carbonyl (C=O) groups is 1. The summed E-state index contributed by atoms with van der Waals surface area (Å²) in [4.78, 5) is 11.1. The van der Waals surface area contributed by atoms with E-state index >= 15 is 0 Å². The summed E-state index contributed by atoms with van der Waals surface area (Å²) < 4.78 is 26.6. The van der Waals surface area contributed by atoms with E-state index in [4.69, 9.17) is 0 Å². The predicted molar refractivity (Wildman–Crippen MR) is 53.9 cm³/mol. The van der Waals surface area contributed by atoms with E-state index in [1.807, 2.05) is 0 Å². The minimum absolute atomic E-state index is 0.0332. The van der Waals surface area contributed by atoms with Gasteiger partial charge in [0, 0.05) is 19.2 Å². The van der Waals surface area contributed by atoms with Crippen LogP contribution in [-0.2, 0) is 0 Å². The Bertz CT molecular complexity index is 357. The Labute approximate surface area is 86.5 Å². The largest absolute Gasteiger partial charge is 0.381 e. The van der Waals surface area contributed by atoms with Gasteiger partial charge in [0.15, 0.2) is 0 Å². The molecule has 0 atom stereocenters. The average molecular weight is 214 g/mol. The molecule has 1 amide bonds. The molecule has 15 heavy (non-hydrogen) atoms. The van der Waals surface area contributed by atoms with Crippen molar-refractivity contribution in [2.45, 2.75) is 6.92 Å². The second-order valence-corrected chi connectivity index (χ2v) is 2.92. The molecule has 0 aliphatic carbocycles. The van der Waals surface area contributed by atoms with Crippen molar-refractivity contribution in [2.24, 2.45) is 0 Å². The molecule has 0 spiro atoms. The first-order valence-electron chi connectivity index (χ1n) is 4.55. The first-order valence-corrected chi connectivity index (χ1v) is 4.55. The Kier molecular flexibility index (Phi) is 3.60. The summed E-state index contributed by atoms with van der Waals surface area (Å²) >= 11 is 0. The molecule has 0 radical (unpaired) electrons. The number of anilines is 1. The Hall–Kier alpha value is -1.65. The zero-order chi connectivity index (χ0) is 11.4. The number of benzene rings is 1. The number of amides is 1. The van der Waals surface area contributed by atoms with Crippen molar-refractivity contribution in [1.82, 2.24) is 5.32 Å². The van der Waals surface area contributed by atoms with E-state index in [1.54, 1.807) is 6.92 Å². The van der Waals surface area contributed by atoms with Gasteiger partial charge in [-0.2, -0.15) is 0 Å². The predicted octanol–water partition coefficient (Wildman–Crippen LogP) is 1.76. The molecule has 0 bridgehead atoms. The van der Waals surface area contributed by atoms with E-state index < -0.39 is 17.5 Å². The Balaban J connectivity index is 3.13. The lowest BCUT2D eigenvalue weighted by Crippen LogP contribution is -2.18. The normalized spacial score (nSPS) is 9.87. The highest BCUT2D eigenvalue weighted by Crippen LogP contribution is 2.20. The van der Waals surface area contributed by atoms with Crippen LogP contribution >= 0.6 is 0 Å². The molecule has 1 rings (SSSR count). The number of rotatable bonds is 3. The lowest BCUT2D eigenvalue weighted by molar-refractivity contribution is 0.0962. The quantitative estimate of drug-likeness (QED) is 0.804. The summed E-state index contributed by atoms with van der Waals surface area (Å²) in [5, 5.41) is 4.84. The van der Waals surface area contributed by atoms with Gasteiger partial charge >= 0.3 is 0 Å². The standard InChI is InChI=1S/C10H12F2N2O/c1-3-14-9-7(11)4-6(5-8(9)12)10(15)13-2/h4-5,14H,3H2,1-2H3,(H,13,15). The number of carbonyl (C=O) groups excluding carboxylic acids is 1. The molecule has 5 heteroatoms. The number of hydrogen-bond donors (Lipinski definition) is 2. The highest BCUT2D eigenvalue weighted by molar-refractivity contribution is 5.94. The topological polar surface area (TPSA) is 41.1 Å². The number of nitrogens with one attached hydrogen (secondary N) is 2. The molecule has 0 saturated carbocycles. The van der Waals surface area contributed by atoms with Crippen LogP contribution in [-0.4, -0.2) is 19.5 Å². The summed E-state index contributed by atoms with van der Waals surface area (Å²) in [5.74, 6) is -2.05. The zero-order valence-electron chi connectivity index (χ0n) is 8.53. The van der Waals surface area contributed by atoms with Crippen molar-refractivity contribution in [3.05, 3.63) is 29.3 Å². The molecular weight excluding hydrogens is 202 g/mol. The van der Waals surface area contributed by atoms with E-state index in [1.165, 1.54) is 7.05 Å². The molecule has 1 aromatic rings. The Morgan fingerprint density at radius 3 is 2.27 bits per heavy atom. The van der Waals surface area contributed by atoms with Crippen LogP contribution in [0.1, 0.15) is 17.3 Å². The monoisotopic (exact) mass is 214 g/mol. The molecule has 0 heterocycles. The Morgan fingerprint density at radius 2 is 1.87 bits per heavy atom. The molecule has 0 saturated heterocycles. The third-order valence-corrected chi connectivity index (χ3v) is 1.88. The summed E-state index contributed by atoms with van der Waals surface area (Å²) in [5.41, 5.74) is -0.237. The molecule has 0 fully saturated rings. The van der Waals surface area contributed by atoms with Gasteiger partial charge in [0.25, 0.3) is 5.91 Å². The maximum atomic E-state index is 13.3. The molecule has 0 aliphatic heterocycles. The number of hydrogen-bond acceptors (Lipinski definition) is 2. The first kappa shape index (κ1) is 11.4. The molecule has 2 N–H and O–H groups in total. The summed E-state index contributed by atoms with van der Waals surface area (Å²) in [6.45, 7) is 2.14. The van der Waals surface area contributed by atoms with Crippen molar-refractivity contribution >= 4 is 11.6 Å². The van der Waals surface area contributed by atoms with Gasteiger partial charge in [-0.1, -0.05) is 0 Å². The van der Waals surface area contributed by atoms with Crippen LogP contribution in [0.5, 0.6) is 0 Å². The van der Waals surface area contributed by atoms with E-state index in [-0.39, 0.29) is 11.3 Å². The summed E-state index contributed by atoms with van der Waals surface area (Å²) in [7, 11) is 1.40. The zero-order valence-corrected chi connectivity index (χ0v) is 8.53. The smallest absolute Gasteiger partial charge is 0.251 e. The van der Waals surface area contributed by atoms with Crippen LogP contribution in [0.15, 0.2) is 12.1 Å². The van der Waals surface area contributed by atoms with Gasteiger partial charge < -0.3 is 10.6 Å². The SMILES string of the molecule is CCNc1c(F)cc(C(=O)NC)cc1F. The van der Waals surface area contributed by atoms with Gasteiger partial charge in [0.2, 0.25) is 0 Å². The van der Waals surface area contributed by atoms with Gasteiger partial charge in [-0.3, -0.25) is 4.79 Å².